The van der Waals surface area contributed by atoms with Crippen LogP contribution in [0.4, 0.5) is 4.79 Å². The quantitative estimate of drug-likeness (QED) is 0.704. The molecule has 2 aromatic rings. The Balaban J connectivity index is 1.36. The van der Waals surface area contributed by atoms with E-state index in [0.29, 0.717) is 6.54 Å². The maximum Gasteiger partial charge on any atom is 0.408 e. The number of ether oxygens (including phenoxy) is 1. The van der Waals surface area contributed by atoms with Crippen molar-refractivity contribution in [2.75, 3.05) is 0 Å². The Morgan fingerprint density at radius 1 is 1.21 bits per heavy atom. The molecule has 0 radical (unpaired) electrons. The number of aryl methyl sites for hydroxylation is 2. The summed E-state index contributed by atoms with van der Waals surface area (Å²) in [5, 5.41) is 20.8. The molecule has 3 aliphatic carbocycles. The van der Waals surface area contributed by atoms with Crippen LogP contribution in [0, 0.1) is 13.8 Å². The van der Waals surface area contributed by atoms with Gasteiger partial charge in [-0.1, -0.05) is 5.16 Å². The molecule has 0 unspecified atom stereocenters. The van der Waals surface area contributed by atoms with Gasteiger partial charge in [0.1, 0.15) is 17.1 Å². The molecule has 3 aliphatic rings. The van der Waals surface area contributed by atoms with Crippen LogP contribution in [0.3, 0.4) is 0 Å². The molecule has 1 heterocycles. The zero-order valence-corrected chi connectivity index (χ0v) is 17.7. The van der Waals surface area contributed by atoms with Gasteiger partial charge in [0.15, 0.2) is 0 Å². The van der Waals surface area contributed by atoms with Gasteiger partial charge >= 0.3 is 6.09 Å². The summed E-state index contributed by atoms with van der Waals surface area (Å²) in [7, 11) is 0. The van der Waals surface area contributed by atoms with E-state index in [1.54, 1.807) is 12.1 Å². The van der Waals surface area contributed by atoms with E-state index in [2.05, 4.69) is 21.9 Å². The number of carbonyl (C=O) groups excluding carboxylic acids is 1. The molecule has 3 saturated carbocycles. The second-order valence-electron chi connectivity index (χ2n) is 9.66. The van der Waals surface area contributed by atoms with Crippen LogP contribution in [0.5, 0.6) is 5.75 Å². The Labute approximate surface area is 170 Å². The minimum Gasteiger partial charge on any atom is -0.508 e. The highest BCUT2D eigenvalue weighted by Crippen LogP contribution is 2.60. The van der Waals surface area contributed by atoms with E-state index in [1.807, 2.05) is 34.6 Å². The zero-order valence-electron chi connectivity index (χ0n) is 17.7. The molecule has 29 heavy (non-hydrogen) atoms. The Morgan fingerprint density at radius 2 is 1.90 bits per heavy atom. The highest BCUT2D eigenvalue weighted by molar-refractivity contribution is 5.70. The van der Waals surface area contributed by atoms with Crippen LogP contribution < -0.4 is 10.6 Å². The summed E-state index contributed by atoms with van der Waals surface area (Å²) < 4.78 is 10.6. The van der Waals surface area contributed by atoms with Gasteiger partial charge in [-0.25, -0.2) is 4.79 Å². The SMILES string of the molecule is Cc1noc(C)c1-c1cc(O)cc(CNC23CC(NC(=O)OC(C)(C)C)(C2)C3)c1. The van der Waals surface area contributed by atoms with Crippen molar-refractivity contribution in [2.45, 2.75) is 77.1 Å². The van der Waals surface area contributed by atoms with Gasteiger partial charge in [0, 0.05) is 23.2 Å². The number of rotatable bonds is 5. The molecule has 3 fully saturated rings. The van der Waals surface area contributed by atoms with Gasteiger partial charge in [-0.05, 0) is 83.2 Å². The number of phenolic OH excluding ortho intramolecular Hbond substituents is 1. The van der Waals surface area contributed by atoms with Gasteiger partial charge in [0.25, 0.3) is 0 Å². The zero-order chi connectivity index (χ0) is 21.0. The predicted octanol–water partition coefficient (Wildman–Crippen LogP) is 3.95. The fraction of sp³-hybridized carbons (Fsp3) is 0.545. The van der Waals surface area contributed by atoms with Crippen molar-refractivity contribution >= 4 is 6.09 Å². The molecule has 1 aromatic carbocycles. The van der Waals surface area contributed by atoms with Gasteiger partial charge in [0.05, 0.1) is 5.69 Å². The lowest BCUT2D eigenvalue weighted by Crippen LogP contribution is -2.83. The minimum atomic E-state index is -0.488. The molecule has 156 valence electrons. The maximum absolute atomic E-state index is 12.0. The van der Waals surface area contributed by atoms with Crippen molar-refractivity contribution in [1.29, 1.82) is 0 Å². The van der Waals surface area contributed by atoms with Gasteiger partial charge in [-0.3, -0.25) is 0 Å². The topological polar surface area (TPSA) is 96.6 Å². The fourth-order valence-electron chi connectivity index (χ4n) is 4.73. The second-order valence-corrected chi connectivity index (χ2v) is 9.66. The van der Waals surface area contributed by atoms with Crippen LogP contribution in [0.2, 0.25) is 0 Å². The van der Waals surface area contributed by atoms with Crippen LogP contribution in [-0.4, -0.2) is 33.0 Å². The van der Waals surface area contributed by atoms with Crippen molar-refractivity contribution in [3.8, 4) is 16.9 Å². The number of phenols is 1. The number of aromatic hydroxyl groups is 1. The second kappa shape index (κ2) is 6.49. The van der Waals surface area contributed by atoms with Gasteiger partial charge in [0.2, 0.25) is 0 Å². The number of carbonyl (C=O) groups is 1. The van der Waals surface area contributed by atoms with Gasteiger partial charge in [-0.2, -0.15) is 0 Å². The molecule has 3 N–H and O–H groups in total. The van der Waals surface area contributed by atoms with Gasteiger partial charge in [-0.15, -0.1) is 0 Å². The smallest absolute Gasteiger partial charge is 0.408 e. The van der Waals surface area contributed by atoms with Crippen LogP contribution in [-0.2, 0) is 11.3 Å². The monoisotopic (exact) mass is 399 g/mol. The highest BCUT2D eigenvalue weighted by Gasteiger charge is 2.68. The van der Waals surface area contributed by atoms with Crippen molar-refractivity contribution in [2.24, 2.45) is 0 Å². The van der Waals surface area contributed by atoms with E-state index in [0.717, 1.165) is 47.4 Å². The van der Waals surface area contributed by atoms with E-state index in [1.165, 1.54) is 0 Å². The number of alkyl carbamates (subject to hydrolysis) is 1. The van der Waals surface area contributed by atoms with Crippen molar-refractivity contribution in [3.05, 3.63) is 35.2 Å². The van der Waals surface area contributed by atoms with Gasteiger partial charge < -0.3 is 25.0 Å². The first-order valence-corrected chi connectivity index (χ1v) is 10.0. The summed E-state index contributed by atoms with van der Waals surface area (Å²) in [5.74, 6) is 0.960. The van der Waals surface area contributed by atoms with Crippen molar-refractivity contribution in [3.63, 3.8) is 0 Å². The average Bonchev–Trinajstić information content (AvgIpc) is 2.85. The summed E-state index contributed by atoms with van der Waals surface area (Å²) in [6.07, 6.45) is 2.35. The third-order valence-corrected chi connectivity index (χ3v) is 5.76. The fourth-order valence-corrected chi connectivity index (χ4v) is 4.73. The number of amides is 1. The molecule has 0 atom stereocenters. The van der Waals surface area contributed by atoms with E-state index >= 15 is 0 Å². The predicted molar refractivity (Wildman–Crippen MR) is 109 cm³/mol. The number of hydrogen-bond donors (Lipinski definition) is 3. The molecule has 1 amide bonds. The molecule has 5 rings (SSSR count). The number of nitrogens with zero attached hydrogens (tertiary/aromatic N) is 1. The molecule has 1 aromatic heterocycles. The van der Waals surface area contributed by atoms with E-state index < -0.39 is 5.60 Å². The Bertz CT molecular complexity index is 918. The summed E-state index contributed by atoms with van der Waals surface area (Å²) in [6, 6.07) is 5.56. The molecular weight excluding hydrogens is 370 g/mol. The molecule has 2 bridgehead atoms. The van der Waals surface area contributed by atoms with E-state index in [-0.39, 0.29) is 22.9 Å². The number of aromatic nitrogens is 1. The largest absolute Gasteiger partial charge is 0.508 e. The summed E-state index contributed by atoms with van der Waals surface area (Å²) in [5.41, 5.74) is 3.07. The third kappa shape index (κ3) is 3.83. The summed E-state index contributed by atoms with van der Waals surface area (Å²) >= 11 is 0. The lowest BCUT2D eigenvalue weighted by atomic mass is 9.44. The van der Waals surface area contributed by atoms with E-state index in [9.17, 15) is 9.90 Å². The van der Waals surface area contributed by atoms with Crippen LogP contribution in [0.1, 0.15) is 57.1 Å². The molecule has 7 nitrogen and oxygen atoms in total. The number of hydrogen-bond acceptors (Lipinski definition) is 6. The van der Waals surface area contributed by atoms with E-state index in [4.69, 9.17) is 9.26 Å². The van der Waals surface area contributed by atoms with Crippen molar-refractivity contribution in [1.82, 2.24) is 15.8 Å². The normalized spacial score (nSPS) is 25.1. The Kier molecular flexibility index (Phi) is 4.42. The first-order chi connectivity index (χ1) is 13.5. The van der Waals surface area contributed by atoms with Crippen LogP contribution in [0.25, 0.3) is 11.1 Å². The summed E-state index contributed by atoms with van der Waals surface area (Å²) in [4.78, 5) is 12.0. The first kappa shape index (κ1) is 19.8. The third-order valence-electron chi connectivity index (χ3n) is 5.76. The Morgan fingerprint density at radius 3 is 2.48 bits per heavy atom. The average molecular weight is 399 g/mol. The van der Waals surface area contributed by atoms with Crippen LogP contribution in [0.15, 0.2) is 22.7 Å². The van der Waals surface area contributed by atoms with Crippen molar-refractivity contribution < 1.29 is 19.2 Å². The summed E-state index contributed by atoms with van der Waals surface area (Å²) in [6.45, 7) is 10.0. The standard InChI is InChI=1S/C22H29N3O4/c1-13-18(14(2)29-25-13)16-6-15(7-17(26)8-16)9-23-21-10-22(11-21,12-21)24-19(27)28-20(3,4)5/h6-8,23,26H,9-12H2,1-5H3,(H,24,27). The highest BCUT2D eigenvalue weighted by atomic mass is 16.6. The number of nitrogens with one attached hydrogen (secondary N) is 2. The number of benzene rings is 1. The molecule has 0 saturated heterocycles. The molecule has 0 aliphatic heterocycles. The maximum atomic E-state index is 12.0. The molecule has 0 spiro atoms. The first-order valence-electron chi connectivity index (χ1n) is 10.0. The van der Waals surface area contributed by atoms with Crippen LogP contribution >= 0.6 is 0 Å². The lowest BCUT2D eigenvalue weighted by molar-refractivity contribution is -0.105. The lowest BCUT2D eigenvalue weighted by Gasteiger charge is -2.70. The molecule has 7 heteroatoms. The minimum absolute atomic E-state index is 0.0592. The molecular formula is C22H29N3O4. The Hall–Kier alpha value is -2.54.